The van der Waals surface area contributed by atoms with E-state index in [0.29, 0.717) is 40.5 Å². The molecular formula is C26H28ClN5O2. The molecule has 0 spiro atoms. The Balaban J connectivity index is 1.60. The number of aromatic nitrogens is 4. The van der Waals surface area contributed by atoms with E-state index in [9.17, 15) is 4.79 Å². The molecule has 34 heavy (non-hydrogen) atoms. The maximum absolute atomic E-state index is 12.9. The average Bonchev–Trinajstić information content (AvgIpc) is 3.43. The largest absolute Gasteiger partial charge is 0.420 e. The molecule has 1 N–H and O–H groups in total. The number of rotatable bonds is 8. The molecule has 2 aromatic carbocycles. The normalized spacial score (nSPS) is 11.2. The van der Waals surface area contributed by atoms with E-state index < -0.39 is 0 Å². The van der Waals surface area contributed by atoms with E-state index in [0.717, 1.165) is 35.3 Å². The highest BCUT2D eigenvalue weighted by molar-refractivity contribution is 6.31. The number of carbonyl (C=O) groups is 1. The zero-order chi connectivity index (χ0) is 24.2. The monoisotopic (exact) mass is 477 g/mol. The van der Waals surface area contributed by atoms with Crippen LogP contribution in [0.25, 0.3) is 17.3 Å². The highest BCUT2D eigenvalue weighted by Gasteiger charge is 2.17. The van der Waals surface area contributed by atoms with Crippen molar-refractivity contribution in [2.24, 2.45) is 5.92 Å². The van der Waals surface area contributed by atoms with Crippen molar-refractivity contribution >= 4 is 17.5 Å². The lowest BCUT2D eigenvalue weighted by atomic mass is 10.1. The molecule has 2 heterocycles. The number of carbonyl (C=O) groups excluding carboxylic acids is 1. The second-order valence-electron chi connectivity index (χ2n) is 8.76. The fourth-order valence-electron chi connectivity index (χ4n) is 3.70. The van der Waals surface area contributed by atoms with E-state index in [1.165, 1.54) is 0 Å². The highest BCUT2D eigenvalue weighted by Crippen LogP contribution is 2.24. The number of nitrogens with one attached hydrogen (secondary N) is 1. The maximum Gasteiger partial charge on any atom is 0.268 e. The van der Waals surface area contributed by atoms with Crippen molar-refractivity contribution in [3.05, 3.63) is 81.8 Å². The van der Waals surface area contributed by atoms with Gasteiger partial charge in [-0.05, 0) is 67.1 Å². The van der Waals surface area contributed by atoms with Crippen molar-refractivity contribution in [2.75, 3.05) is 0 Å². The maximum atomic E-state index is 12.9. The molecule has 7 nitrogen and oxygen atoms in total. The molecule has 0 aliphatic carbocycles. The first-order valence-corrected chi connectivity index (χ1v) is 11.7. The zero-order valence-electron chi connectivity index (χ0n) is 19.8. The minimum atomic E-state index is -0.176. The number of hydrogen-bond acceptors (Lipinski definition) is 5. The molecule has 4 rings (SSSR count). The van der Waals surface area contributed by atoms with Gasteiger partial charge in [0.1, 0.15) is 5.69 Å². The summed E-state index contributed by atoms with van der Waals surface area (Å²) in [7, 11) is 0. The van der Waals surface area contributed by atoms with Crippen LogP contribution in [0.15, 0.2) is 52.9 Å². The molecule has 1 amide bonds. The molecular weight excluding hydrogens is 450 g/mol. The average molecular weight is 478 g/mol. The minimum Gasteiger partial charge on any atom is -0.420 e. The van der Waals surface area contributed by atoms with E-state index in [-0.39, 0.29) is 5.91 Å². The summed E-state index contributed by atoms with van der Waals surface area (Å²) in [5, 5.41) is 16.4. The van der Waals surface area contributed by atoms with Crippen LogP contribution in [-0.4, -0.2) is 25.9 Å². The van der Waals surface area contributed by atoms with Gasteiger partial charge in [-0.15, -0.1) is 10.2 Å². The summed E-state index contributed by atoms with van der Waals surface area (Å²) in [5.74, 6) is 1.24. The van der Waals surface area contributed by atoms with Gasteiger partial charge in [0.25, 0.3) is 11.8 Å². The molecule has 4 aromatic rings. The van der Waals surface area contributed by atoms with Crippen LogP contribution in [0.4, 0.5) is 0 Å². The standard InChI is InChI=1S/C26H28ClN5O2/c1-16(2)11-12-21-14-24(26-30-29-18(4)34-26)31-32(21)20-9-6-8-19(13-20)25(33)28-15-22-17(3)7-5-10-23(22)27/h5-10,13-14,16H,11-12,15H2,1-4H3,(H,28,33). The molecule has 0 radical (unpaired) electrons. The molecule has 0 bridgehead atoms. The Kier molecular flexibility index (Phi) is 7.12. The molecule has 2 aromatic heterocycles. The third-order valence-corrected chi connectivity index (χ3v) is 5.99. The van der Waals surface area contributed by atoms with Gasteiger partial charge in [-0.2, -0.15) is 5.10 Å². The fraction of sp³-hybridized carbons (Fsp3) is 0.308. The van der Waals surface area contributed by atoms with Gasteiger partial charge in [-0.25, -0.2) is 4.68 Å². The minimum absolute atomic E-state index is 0.176. The van der Waals surface area contributed by atoms with Gasteiger partial charge >= 0.3 is 0 Å². The van der Waals surface area contributed by atoms with Crippen LogP contribution < -0.4 is 5.32 Å². The number of benzene rings is 2. The summed E-state index contributed by atoms with van der Waals surface area (Å²) in [6.45, 7) is 8.46. The van der Waals surface area contributed by atoms with E-state index >= 15 is 0 Å². The molecule has 0 saturated carbocycles. The van der Waals surface area contributed by atoms with Crippen LogP contribution in [-0.2, 0) is 13.0 Å². The number of hydrogen-bond donors (Lipinski definition) is 1. The molecule has 0 aliphatic rings. The molecule has 8 heteroatoms. The van der Waals surface area contributed by atoms with Crippen molar-refractivity contribution in [1.82, 2.24) is 25.3 Å². The molecule has 0 unspecified atom stereocenters. The SMILES string of the molecule is Cc1nnc(-c2cc(CCC(C)C)n(-c3cccc(C(=O)NCc4c(C)cccc4Cl)c3)n2)o1. The van der Waals surface area contributed by atoms with Crippen molar-refractivity contribution in [3.8, 4) is 17.3 Å². The van der Waals surface area contributed by atoms with Gasteiger partial charge in [0.05, 0.1) is 5.69 Å². The smallest absolute Gasteiger partial charge is 0.268 e. The number of nitrogens with zero attached hydrogens (tertiary/aromatic N) is 4. The van der Waals surface area contributed by atoms with Crippen LogP contribution >= 0.6 is 11.6 Å². The predicted octanol–water partition coefficient (Wildman–Crippen LogP) is 5.71. The Morgan fingerprint density at radius 2 is 1.91 bits per heavy atom. The Morgan fingerprint density at radius 1 is 1.12 bits per heavy atom. The zero-order valence-corrected chi connectivity index (χ0v) is 20.6. The van der Waals surface area contributed by atoms with Gasteiger partial charge in [0.2, 0.25) is 5.89 Å². The summed E-state index contributed by atoms with van der Waals surface area (Å²) in [4.78, 5) is 12.9. The van der Waals surface area contributed by atoms with Gasteiger partial charge in [-0.3, -0.25) is 4.79 Å². The van der Waals surface area contributed by atoms with Crippen LogP contribution in [0.3, 0.4) is 0 Å². The van der Waals surface area contributed by atoms with Gasteiger partial charge in [0, 0.05) is 29.7 Å². The van der Waals surface area contributed by atoms with Gasteiger partial charge in [-0.1, -0.05) is 43.6 Å². The van der Waals surface area contributed by atoms with Gasteiger partial charge in [0.15, 0.2) is 0 Å². The van der Waals surface area contributed by atoms with Crippen molar-refractivity contribution in [1.29, 1.82) is 0 Å². The van der Waals surface area contributed by atoms with Gasteiger partial charge < -0.3 is 9.73 Å². The third-order valence-electron chi connectivity index (χ3n) is 5.64. The van der Waals surface area contributed by atoms with Crippen molar-refractivity contribution in [2.45, 2.75) is 47.1 Å². The highest BCUT2D eigenvalue weighted by atomic mass is 35.5. The second-order valence-corrected chi connectivity index (χ2v) is 9.17. The second kappa shape index (κ2) is 10.2. The topological polar surface area (TPSA) is 85.8 Å². The first kappa shape index (κ1) is 23.7. The fourth-order valence-corrected chi connectivity index (χ4v) is 3.99. The van der Waals surface area contributed by atoms with E-state index in [1.54, 1.807) is 13.0 Å². The van der Waals surface area contributed by atoms with Crippen LogP contribution in [0.2, 0.25) is 5.02 Å². The predicted molar refractivity (Wildman–Crippen MR) is 132 cm³/mol. The molecule has 0 saturated heterocycles. The number of halogens is 1. The van der Waals surface area contributed by atoms with Crippen LogP contribution in [0.5, 0.6) is 0 Å². The Morgan fingerprint density at radius 3 is 2.62 bits per heavy atom. The number of amides is 1. The lowest BCUT2D eigenvalue weighted by molar-refractivity contribution is 0.0951. The van der Waals surface area contributed by atoms with Crippen molar-refractivity contribution < 1.29 is 9.21 Å². The molecule has 0 fully saturated rings. The molecule has 176 valence electrons. The lowest BCUT2D eigenvalue weighted by Crippen LogP contribution is -2.23. The Labute approximate surface area is 204 Å². The van der Waals surface area contributed by atoms with Crippen LogP contribution in [0, 0.1) is 19.8 Å². The van der Waals surface area contributed by atoms with Crippen LogP contribution in [0.1, 0.15) is 53.3 Å². The van der Waals surface area contributed by atoms with E-state index in [4.69, 9.17) is 21.1 Å². The summed E-state index contributed by atoms with van der Waals surface area (Å²) in [6, 6.07) is 15.1. The molecule has 0 aliphatic heterocycles. The Bertz CT molecular complexity index is 1290. The lowest BCUT2D eigenvalue weighted by Gasteiger charge is -2.12. The summed E-state index contributed by atoms with van der Waals surface area (Å²) >= 11 is 6.31. The van der Waals surface area contributed by atoms with E-state index in [1.807, 2.05) is 54.1 Å². The third kappa shape index (κ3) is 5.37. The first-order chi connectivity index (χ1) is 16.3. The summed E-state index contributed by atoms with van der Waals surface area (Å²) < 4.78 is 7.44. The van der Waals surface area contributed by atoms with E-state index in [2.05, 4.69) is 29.4 Å². The number of aryl methyl sites for hydroxylation is 3. The van der Waals surface area contributed by atoms with Crippen molar-refractivity contribution in [3.63, 3.8) is 0 Å². The Hall–Kier alpha value is -3.45. The first-order valence-electron chi connectivity index (χ1n) is 11.3. The molecule has 0 atom stereocenters. The summed E-state index contributed by atoms with van der Waals surface area (Å²) in [6.07, 6.45) is 1.84. The quantitative estimate of drug-likeness (QED) is 0.351. The summed E-state index contributed by atoms with van der Waals surface area (Å²) in [5.41, 5.74) is 4.92.